The fourth-order valence-electron chi connectivity index (χ4n) is 2.37. The maximum absolute atomic E-state index is 11.0. The fraction of sp³-hybridized carbons (Fsp3) is 0.143. The molecule has 1 heterocycles. The van der Waals surface area contributed by atoms with Crippen molar-refractivity contribution in [3.63, 3.8) is 0 Å². The Morgan fingerprint density at radius 2 is 1.14 bits per heavy atom. The normalized spacial score (nSPS) is 20.0. The molecule has 0 radical (unpaired) electrons. The number of ether oxygens (including phenoxy) is 1. The van der Waals surface area contributed by atoms with Crippen molar-refractivity contribution in [3.05, 3.63) is 79.9 Å². The summed E-state index contributed by atoms with van der Waals surface area (Å²) >= 11 is 0. The fourth-order valence-corrected chi connectivity index (χ4v) is 2.37. The molecule has 2 atom stereocenters. The van der Waals surface area contributed by atoms with Crippen molar-refractivity contribution in [2.45, 2.75) is 12.2 Å². The Kier molecular flexibility index (Phi) is 3.11. The highest BCUT2D eigenvalue weighted by atomic mass is 16.6. The van der Waals surface area contributed by atoms with E-state index in [0.29, 0.717) is 11.1 Å². The molecule has 0 aromatic heterocycles. The van der Waals surface area contributed by atoms with Crippen LogP contribution in [0.1, 0.15) is 23.3 Å². The van der Waals surface area contributed by atoms with E-state index in [1.165, 1.54) is 12.1 Å². The van der Waals surface area contributed by atoms with E-state index in [0.717, 1.165) is 0 Å². The predicted molar refractivity (Wildman–Crippen MR) is 72.8 cm³/mol. The van der Waals surface area contributed by atoms with Crippen LogP contribution >= 0.6 is 0 Å². The van der Waals surface area contributed by atoms with Crippen LogP contribution in [0.5, 0.6) is 0 Å². The lowest BCUT2D eigenvalue weighted by molar-refractivity contribution is -0.386. The van der Waals surface area contributed by atoms with Crippen LogP contribution in [0.25, 0.3) is 0 Å². The first kappa shape index (κ1) is 13.2. The topological polar surface area (TPSA) is 98.8 Å². The number of para-hydroxylation sites is 2. The van der Waals surface area contributed by atoms with Crippen LogP contribution in [-0.2, 0) is 4.74 Å². The van der Waals surface area contributed by atoms with Gasteiger partial charge in [-0.2, -0.15) is 0 Å². The van der Waals surface area contributed by atoms with Gasteiger partial charge in [-0.15, -0.1) is 0 Å². The zero-order chi connectivity index (χ0) is 15.0. The van der Waals surface area contributed by atoms with E-state index in [4.69, 9.17) is 4.74 Å². The average Bonchev–Trinajstić information content (AvgIpc) is 3.27. The van der Waals surface area contributed by atoms with Gasteiger partial charge in [0.15, 0.2) is 0 Å². The van der Waals surface area contributed by atoms with Gasteiger partial charge in [0.2, 0.25) is 0 Å². The summed E-state index contributed by atoms with van der Waals surface area (Å²) in [5, 5.41) is 22.0. The van der Waals surface area contributed by atoms with Crippen molar-refractivity contribution < 1.29 is 14.6 Å². The smallest absolute Gasteiger partial charge is 0.275 e. The Labute approximate surface area is 119 Å². The van der Waals surface area contributed by atoms with E-state index < -0.39 is 22.1 Å². The lowest BCUT2D eigenvalue weighted by Gasteiger charge is -2.00. The molecule has 0 N–H and O–H groups in total. The Morgan fingerprint density at radius 3 is 1.52 bits per heavy atom. The van der Waals surface area contributed by atoms with Gasteiger partial charge in [-0.1, -0.05) is 24.3 Å². The summed E-state index contributed by atoms with van der Waals surface area (Å²) in [6.07, 6.45) is -1.04. The zero-order valence-corrected chi connectivity index (χ0v) is 10.7. The lowest BCUT2D eigenvalue weighted by atomic mass is 10.0. The van der Waals surface area contributed by atoms with E-state index in [1.54, 1.807) is 36.4 Å². The number of epoxide rings is 1. The van der Waals surface area contributed by atoms with Crippen molar-refractivity contribution in [2.24, 2.45) is 0 Å². The van der Waals surface area contributed by atoms with Crippen LogP contribution in [0.4, 0.5) is 11.4 Å². The molecular formula is C14H10N2O5. The Bertz CT molecular complexity index is 669. The van der Waals surface area contributed by atoms with Gasteiger partial charge < -0.3 is 4.74 Å². The summed E-state index contributed by atoms with van der Waals surface area (Å²) in [6, 6.07) is 12.5. The van der Waals surface area contributed by atoms with Gasteiger partial charge in [0, 0.05) is 12.1 Å². The van der Waals surface area contributed by atoms with E-state index in [-0.39, 0.29) is 11.4 Å². The number of nitro groups is 2. The summed E-state index contributed by atoms with van der Waals surface area (Å²) in [5.74, 6) is 0. The molecule has 0 amide bonds. The molecule has 0 saturated carbocycles. The molecule has 0 unspecified atom stereocenters. The van der Waals surface area contributed by atoms with Gasteiger partial charge in [0.25, 0.3) is 11.4 Å². The Hall–Kier alpha value is -2.80. The number of nitrogens with zero attached hydrogens (tertiary/aromatic N) is 2. The molecule has 1 fully saturated rings. The van der Waals surface area contributed by atoms with E-state index >= 15 is 0 Å². The Balaban J connectivity index is 1.95. The van der Waals surface area contributed by atoms with Crippen LogP contribution in [0, 0.1) is 20.2 Å². The maximum atomic E-state index is 11.0. The molecule has 3 rings (SSSR count). The second-order valence-electron chi connectivity index (χ2n) is 4.61. The standard InChI is InChI=1S/C14H10N2O5/c17-15(18)11-7-3-1-5-9(11)13-14(21-13)10-6-2-4-8-12(10)16(19)20/h1-8,13-14H/t13-,14-/m1/s1. The highest BCUT2D eigenvalue weighted by molar-refractivity contribution is 5.49. The molecule has 1 aliphatic rings. The number of hydrogen-bond acceptors (Lipinski definition) is 5. The number of hydrogen-bond donors (Lipinski definition) is 0. The second-order valence-corrected chi connectivity index (χ2v) is 4.61. The van der Waals surface area contributed by atoms with Crippen molar-refractivity contribution in [1.82, 2.24) is 0 Å². The molecule has 0 spiro atoms. The van der Waals surface area contributed by atoms with Gasteiger partial charge >= 0.3 is 0 Å². The van der Waals surface area contributed by atoms with Crippen molar-refractivity contribution in [3.8, 4) is 0 Å². The molecular weight excluding hydrogens is 276 g/mol. The van der Waals surface area contributed by atoms with Crippen LogP contribution in [0.15, 0.2) is 48.5 Å². The van der Waals surface area contributed by atoms with Gasteiger partial charge in [-0.05, 0) is 12.1 Å². The molecule has 7 heteroatoms. The average molecular weight is 286 g/mol. The molecule has 0 bridgehead atoms. The predicted octanol–water partition coefficient (Wildman–Crippen LogP) is 3.32. The summed E-state index contributed by atoms with van der Waals surface area (Å²) in [7, 11) is 0. The Morgan fingerprint density at radius 1 is 0.762 bits per heavy atom. The third-order valence-corrected chi connectivity index (χ3v) is 3.37. The van der Waals surface area contributed by atoms with Gasteiger partial charge in [-0.25, -0.2) is 0 Å². The maximum Gasteiger partial charge on any atom is 0.275 e. The third-order valence-electron chi connectivity index (χ3n) is 3.37. The van der Waals surface area contributed by atoms with Crippen LogP contribution in [0.2, 0.25) is 0 Å². The zero-order valence-electron chi connectivity index (χ0n) is 10.7. The minimum absolute atomic E-state index is 0.0383. The van der Waals surface area contributed by atoms with E-state index in [2.05, 4.69) is 0 Å². The highest BCUT2D eigenvalue weighted by Crippen LogP contribution is 2.54. The monoisotopic (exact) mass is 286 g/mol. The minimum Gasteiger partial charge on any atom is -0.359 e. The third kappa shape index (κ3) is 2.34. The van der Waals surface area contributed by atoms with Crippen molar-refractivity contribution >= 4 is 11.4 Å². The first-order valence-corrected chi connectivity index (χ1v) is 6.21. The largest absolute Gasteiger partial charge is 0.359 e. The first-order valence-electron chi connectivity index (χ1n) is 6.21. The molecule has 1 aliphatic heterocycles. The molecule has 2 aromatic carbocycles. The lowest BCUT2D eigenvalue weighted by Crippen LogP contribution is -1.96. The van der Waals surface area contributed by atoms with Crippen LogP contribution in [0.3, 0.4) is 0 Å². The van der Waals surface area contributed by atoms with Gasteiger partial charge in [-0.3, -0.25) is 20.2 Å². The number of nitro benzene ring substituents is 2. The summed E-state index contributed by atoms with van der Waals surface area (Å²) < 4.78 is 5.46. The molecule has 0 aliphatic carbocycles. The summed E-state index contributed by atoms with van der Waals surface area (Å²) in [6.45, 7) is 0. The summed E-state index contributed by atoms with van der Waals surface area (Å²) in [4.78, 5) is 21.1. The number of benzene rings is 2. The SMILES string of the molecule is O=[N+]([O-])c1ccccc1[C@H]1O[C@@H]1c1ccccc1[N+](=O)[O-]. The molecule has 1 saturated heterocycles. The molecule has 2 aromatic rings. The van der Waals surface area contributed by atoms with E-state index in [9.17, 15) is 20.2 Å². The highest BCUT2D eigenvalue weighted by Gasteiger charge is 2.47. The minimum atomic E-state index is -0.521. The number of rotatable bonds is 4. The van der Waals surface area contributed by atoms with Gasteiger partial charge in [0.05, 0.1) is 21.0 Å². The second kappa shape index (κ2) is 4.95. The first-order chi connectivity index (χ1) is 10.1. The van der Waals surface area contributed by atoms with Crippen LogP contribution < -0.4 is 0 Å². The van der Waals surface area contributed by atoms with E-state index in [1.807, 2.05) is 0 Å². The summed E-state index contributed by atoms with van der Waals surface area (Å²) in [5.41, 5.74) is 0.795. The molecule has 106 valence electrons. The quantitative estimate of drug-likeness (QED) is 0.487. The van der Waals surface area contributed by atoms with Crippen molar-refractivity contribution in [1.29, 1.82) is 0 Å². The molecule has 7 nitrogen and oxygen atoms in total. The van der Waals surface area contributed by atoms with Gasteiger partial charge in [0.1, 0.15) is 12.2 Å². The molecule has 21 heavy (non-hydrogen) atoms. The van der Waals surface area contributed by atoms with Crippen LogP contribution in [-0.4, -0.2) is 9.85 Å². The van der Waals surface area contributed by atoms with Crippen molar-refractivity contribution in [2.75, 3.05) is 0 Å².